The van der Waals surface area contributed by atoms with Crippen LogP contribution in [0.1, 0.15) is 23.1 Å². The molecule has 30 heavy (non-hydrogen) atoms. The van der Waals surface area contributed by atoms with Crippen LogP contribution in [-0.4, -0.2) is 27.4 Å². The number of pyridine rings is 1. The van der Waals surface area contributed by atoms with Gasteiger partial charge in [-0.25, -0.2) is 4.98 Å². The first-order valence-corrected chi connectivity index (χ1v) is 10.9. The highest BCUT2D eigenvalue weighted by atomic mass is 32.1. The molecule has 0 aliphatic rings. The Hall–Kier alpha value is -2.96. The molecular formula is C24H25N3O2S. The molecule has 1 unspecified atom stereocenters. The molecule has 4 aromatic rings. The Morgan fingerprint density at radius 1 is 1.10 bits per heavy atom. The molecule has 0 aliphatic heterocycles. The van der Waals surface area contributed by atoms with Gasteiger partial charge in [-0.15, -0.1) is 11.3 Å². The summed E-state index contributed by atoms with van der Waals surface area (Å²) in [5, 5.41) is 2.11. The van der Waals surface area contributed by atoms with Gasteiger partial charge in [-0.05, 0) is 54.6 Å². The molecule has 6 heteroatoms. The quantitative estimate of drug-likeness (QED) is 0.425. The Morgan fingerprint density at radius 3 is 2.67 bits per heavy atom. The Labute approximate surface area is 180 Å². The molecule has 4 rings (SSSR count). The van der Waals surface area contributed by atoms with Crippen LogP contribution in [0.4, 0.5) is 0 Å². The summed E-state index contributed by atoms with van der Waals surface area (Å²) < 4.78 is 6.86. The topological polar surface area (TPSA) is 46.8 Å². The van der Waals surface area contributed by atoms with Crippen molar-refractivity contribution in [2.75, 3.05) is 7.11 Å². The molecule has 0 spiro atoms. The summed E-state index contributed by atoms with van der Waals surface area (Å²) in [6, 6.07) is 20.0. The fraction of sp³-hybridized carbons (Fsp3) is 0.250. The zero-order valence-corrected chi connectivity index (χ0v) is 18.0. The molecule has 0 bridgehead atoms. The molecule has 0 N–H and O–H groups in total. The summed E-state index contributed by atoms with van der Waals surface area (Å²) in [4.78, 5) is 21.0. The number of benzene rings is 1. The number of thiophene rings is 1. The van der Waals surface area contributed by atoms with Crippen molar-refractivity contribution in [2.45, 2.75) is 32.5 Å². The van der Waals surface area contributed by atoms with E-state index in [4.69, 9.17) is 9.72 Å². The SMILES string of the molecule is COc1ccc(CN(Cc2cc(=O)n3ccccc3n2)C(C)Cc2cccs2)cc1. The monoisotopic (exact) mass is 419 g/mol. The maximum atomic E-state index is 12.5. The molecule has 3 heterocycles. The van der Waals surface area contributed by atoms with Crippen molar-refractivity contribution in [2.24, 2.45) is 0 Å². The summed E-state index contributed by atoms with van der Waals surface area (Å²) in [6.45, 7) is 3.61. The third-order valence-electron chi connectivity index (χ3n) is 5.23. The second-order valence-corrected chi connectivity index (χ2v) is 8.43. The van der Waals surface area contributed by atoms with Crippen LogP contribution in [0.2, 0.25) is 0 Å². The standard InChI is InChI=1S/C24H25N3O2S/c1-18(14-22-6-5-13-30-22)26(16-19-8-10-21(29-2)11-9-19)17-20-15-24(28)27-12-4-3-7-23(27)25-20/h3-13,15,18H,14,16-17H2,1-2H3. The normalized spacial score (nSPS) is 12.4. The second-order valence-electron chi connectivity index (χ2n) is 7.40. The van der Waals surface area contributed by atoms with Crippen LogP contribution >= 0.6 is 11.3 Å². The van der Waals surface area contributed by atoms with Crippen LogP contribution in [-0.2, 0) is 19.5 Å². The Kier molecular flexibility index (Phi) is 6.26. The fourth-order valence-electron chi connectivity index (χ4n) is 3.57. The van der Waals surface area contributed by atoms with E-state index in [0.717, 1.165) is 24.4 Å². The van der Waals surface area contributed by atoms with E-state index in [9.17, 15) is 4.79 Å². The third-order valence-corrected chi connectivity index (χ3v) is 6.13. The first kappa shape index (κ1) is 20.3. The van der Waals surface area contributed by atoms with Gasteiger partial charge in [0.1, 0.15) is 11.4 Å². The average Bonchev–Trinajstić information content (AvgIpc) is 3.27. The highest BCUT2D eigenvalue weighted by Crippen LogP contribution is 2.20. The molecule has 0 aliphatic carbocycles. The smallest absolute Gasteiger partial charge is 0.258 e. The van der Waals surface area contributed by atoms with Crippen LogP contribution in [0.25, 0.3) is 5.65 Å². The van der Waals surface area contributed by atoms with Crippen molar-refractivity contribution < 1.29 is 4.74 Å². The van der Waals surface area contributed by atoms with E-state index in [-0.39, 0.29) is 5.56 Å². The van der Waals surface area contributed by atoms with Crippen molar-refractivity contribution in [3.05, 3.63) is 98.7 Å². The second kappa shape index (κ2) is 9.24. The molecule has 3 aromatic heterocycles. The lowest BCUT2D eigenvalue weighted by Crippen LogP contribution is -2.34. The van der Waals surface area contributed by atoms with Gasteiger partial charge in [0.2, 0.25) is 0 Å². The van der Waals surface area contributed by atoms with Crippen LogP contribution in [0.15, 0.2) is 77.0 Å². The van der Waals surface area contributed by atoms with Crippen LogP contribution < -0.4 is 10.3 Å². The molecule has 5 nitrogen and oxygen atoms in total. The predicted molar refractivity (Wildman–Crippen MR) is 121 cm³/mol. The van der Waals surface area contributed by atoms with Gasteiger partial charge >= 0.3 is 0 Å². The third kappa shape index (κ3) is 4.78. The molecule has 0 amide bonds. The van der Waals surface area contributed by atoms with Crippen molar-refractivity contribution in [3.63, 3.8) is 0 Å². The number of methoxy groups -OCH3 is 1. The van der Waals surface area contributed by atoms with E-state index in [1.807, 2.05) is 30.3 Å². The lowest BCUT2D eigenvalue weighted by atomic mass is 10.1. The number of hydrogen-bond donors (Lipinski definition) is 0. The van der Waals surface area contributed by atoms with Gasteiger partial charge in [0.05, 0.1) is 12.8 Å². The van der Waals surface area contributed by atoms with Gasteiger partial charge in [-0.1, -0.05) is 24.3 Å². The predicted octanol–water partition coefficient (Wildman–Crippen LogP) is 4.40. The molecule has 0 radical (unpaired) electrons. The van der Waals surface area contributed by atoms with Gasteiger partial charge in [-0.2, -0.15) is 0 Å². The van der Waals surface area contributed by atoms with E-state index in [1.54, 1.807) is 35.1 Å². The Bertz CT molecular complexity index is 1150. The fourth-order valence-corrected chi connectivity index (χ4v) is 4.40. The van der Waals surface area contributed by atoms with E-state index >= 15 is 0 Å². The van der Waals surface area contributed by atoms with Gasteiger partial charge in [-0.3, -0.25) is 14.1 Å². The lowest BCUT2D eigenvalue weighted by Gasteiger charge is -2.29. The number of rotatable bonds is 8. The molecule has 0 fully saturated rings. The van der Waals surface area contributed by atoms with Crippen molar-refractivity contribution in [1.82, 2.24) is 14.3 Å². The van der Waals surface area contributed by atoms with Crippen LogP contribution in [0.3, 0.4) is 0 Å². The zero-order chi connectivity index (χ0) is 20.9. The highest BCUT2D eigenvalue weighted by Gasteiger charge is 2.17. The summed E-state index contributed by atoms with van der Waals surface area (Å²) in [5.74, 6) is 0.848. The minimum absolute atomic E-state index is 0.0501. The lowest BCUT2D eigenvalue weighted by molar-refractivity contribution is 0.188. The largest absolute Gasteiger partial charge is 0.497 e. The van der Waals surface area contributed by atoms with Gasteiger partial charge in [0.25, 0.3) is 5.56 Å². The summed E-state index contributed by atoms with van der Waals surface area (Å²) in [5.41, 5.74) is 2.62. The summed E-state index contributed by atoms with van der Waals surface area (Å²) >= 11 is 1.78. The first-order valence-electron chi connectivity index (χ1n) is 9.99. The molecule has 0 saturated heterocycles. The van der Waals surface area contributed by atoms with E-state index < -0.39 is 0 Å². The molecule has 154 valence electrons. The van der Waals surface area contributed by atoms with Crippen molar-refractivity contribution >= 4 is 17.0 Å². The minimum atomic E-state index is -0.0501. The average molecular weight is 420 g/mol. The maximum absolute atomic E-state index is 12.5. The van der Waals surface area contributed by atoms with E-state index in [1.165, 1.54) is 10.4 Å². The maximum Gasteiger partial charge on any atom is 0.258 e. The zero-order valence-electron chi connectivity index (χ0n) is 17.2. The number of ether oxygens (including phenoxy) is 1. The summed E-state index contributed by atoms with van der Waals surface area (Å²) in [7, 11) is 1.67. The summed E-state index contributed by atoms with van der Waals surface area (Å²) in [6.07, 6.45) is 2.71. The number of nitrogens with zero attached hydrogens (tertiary/aromatic N) is 3. The molecule has 1 aromatic carbocycles. The van der Waals surface area contributed by atoms with E-state index in [2.05, 4.69) is 41.5 Å². The Balaban J connectivity index is 1.61. The van der Waals surface area contributed by atoms with Gasteiger partial charge in [0.15, 0.2) is 0 Å². The van der Waals surface area contributed by atoms with Gasteiger partial charge in [0, 0.05) is 36.3 Å². The van der Waals surface area contributed by atoms with Crippen molar-refractivity contribution in [1.29, 1.82) is 0 Å². The Morgan fingerprint density at radius 2 is 1.93 bits per heavy atom. The molecule has 0 saturated carbocycles. The van der Waals surface area contributed by atoms with Crippen LogP contribution in [0.5, 0.6) is 5.75 Å². The highest BCUT2D eigenvalue weighted by molar-refractivity contribution is 7.09. The number of fused-ring (bicyclic) bond motifs is 1. The van der Waals surface area contributed by atoms with E-state index in [0.29, 0.717) is 18.2 Å². The minimum Gasteiger partial charge on any atom is -0.497 e. The van der Waals surface area contributed by atoms with Gasteiger partial charge < -0.3 is 4.74 Å². The first-order chi connectivity index (χ1) is 14.6. The van der Waals surface area contributed by atoms with Crippen molar-refractivity contribution in [3.8, 4) is 5.75 Å². The van der Waals surface area contributed by atoms with Crippen LogP contribution in [0, 0.1) is 0 Å². The molecular weight excluding hydrogens is 394 g/mol. The number of aromatic nitrogens is 2. The molecule has 1 atom stereocenters. The number of hydrogen-bond acceptors (Lipinski definition) is 5.